The quantitative estimate of drug-likeness (QED) is 0.280. The largest absolute Gasteiger partial charge is 0.433 e. The monoisotopic (exact) mass is 434 g/mol. The Labute approximate surface area is 177 Å². The van der Waals surface area contributed by atoms with Crippen molar-refractivity contribution < 1.29 is 18.3 Å². The molecule has 0 atom stereocenters. The highest BCUT2D eigenvalue weighted by Crippen LogP contribution is 2.38. The van der Waals surface area contributed by atoms with E-state index in [1.165, 1.54) is 0 Å². The summed E-state index contributed by atoms with van der Waals surface area (Å²) in [6.45, 7) is 0.0828. The lowest BCUT2D eigenvalue weighted by Crippen LogP contribution is -2.31. The normalized spacial score (nSPS) is 14.4. The van der Waals surface area contributed by atoms with Gasteiger partial charge < -0.3 is 21.5 Å². The van der Waals surface area contributed by atoms with E-state index in [-0.39, 0.29) is 24.7 Å². The number of likely N-dealkylation sites (N-methyl/N-ethyl adjacent to an activating group) is 1. The van der Waals surface area contributed by atoms with Gasteiger partial charge in [-0.05, 0) is 48.9 Å². The number of pyridine rings is 1. The van der Waals surface area contributed by atoms with Crippen molar-refractivity contribution in [1.82, 2.24) is 9.88 Å². The third-order valence-electron chi connectivity index (χ3n) is 5.53. The van der Waals surface area contributed by atoms with Gasteiger partial charge in [0.25, 0.3) is 0 Å². The Morgan fingerprint density at radius 1 is 1.23 bits per heavy atom. The Morgan fingerprint density at radius 3 is 2.45 bits per heavy atom. The summed E-state index contributed by atoms with van der Waals surface area (Å²) in [7, 11) is 1.66. The topological polar surface area (TPSA) is 136 Å². The van der Waals surface area contributed by atoms with Crippen LogP contribution in [0.3, 0.4) is 0 Å². The van der Waals surface area contributed by atoms with E-state index in [0.29, 0.717) is 40.6 Å². The van der Waals surface area contributed by atoms with Gasteiger partial charge in [0.15, 0.2) is 0 Å². The number of rotatable bonds is 5. The van der Waals surface area contributed by atoms with Crippen molar-refractivity contribution in [1.29, 1.82) is 10.8 Å². The number of nitrogens with zero attached hydrogens (tertiary/aromatic N) is 2. The van der Waals surface area contributed by atoms with Gasteiger partial charge in [0.1, 0.15) is 11.5 Å². The van der Waals surface area contributed by atoms with Gasteiger partial charge >= 0.3 is 6.18 Å². The van der Waals surface area contributed by atoms with Crippen LogP contribution in [0.4, 0.5) is 18.9 Å². The Bertz CT molecular complexity index is 1080. The van der Waals surface area contributed by atoms with Crippen LogP contribution in [-0.4, -0.2) is 52.9 Å². The zero-order chi connectivity index (χ0) is 22.9. The van der Waals surface area contributed by atoms with Gasteiger partial charge in [-0.1, -0.05) is 0 Å². The van der Waals surface area contributed by atoms with Crippen molar-refractivity contribution in [2.75, 3.05) is 25.9 Å². The van der Waals surface area contributed by atoms with E-state index in [2.05, 4.69) is 4.98 Å². The van der Waals surface area contributed by atoms with Crippen LogP contribution in [0.15, 0.2) is 18.3 Å². The molecule has 7 nitrogen and oxygen atoms in total. The molecule has 0 radical (unpaired) electrons. The first-order valence-corrected chi connectivity index (χ1v) is 9.85. The summed E-state index contributed by atoms with van der Waals surface area (Å²) < 4.78 is 39.8. The molecule has 0 fully saturated rings. The molecule has 31 heavy (non-hydrogen) atoms. The second-order valence-electron chi connectivity index (χ2n) is 7.50. The van der Waals surface area contributed by atoms with Crippen LogP contribution in [0.1, 0.15) is 35.2 Å². The minimum atomic E-state index is -4.86. The van der Waals surface area contributed by atoms with Crippen molar-refractivity contribution in [3.8, 4) is 0 Å². The van der Waals surface area contributed by atoms with Crippen molar-refractivity contribution in [3.05, 3.63) is 40.7 Å². The van der Waals surface area contributed by atoms with Gasteiger partial charge in [-0.2, -0.15) is 13.2 Å². The number of nitrogen functional groups attached to an aromatic ring is 1. The Morgan fingerprint density at radius 2 is 1.87 bits per heavy atom. The number of anilines is 1. The lowest BCUT2D eigenvalue weighted by Gasteiger charge is -2.26. The van der Waals surface area contributed by atoms with Crippen LogP contribution in [-0.2, 0) is 12.8 Å². The number of halogens is 3. The van der Waals surface area contributed by atoms with Crippen molar-refractivity contribution >= 4 is 33.7 Å². The second-order valence-corrected chi connectivity index (χ2v) is 7.50. The molecule has 0 spiro atoms. The Balaban J connectivity index is 2.33. The molecule has 7 N–H and O–H groups in total. The number of nitrogens with one attached hydrogen (secondary N) is 2. The summed E-state index contributed by atoms with van der Waals surface area (Å²) in [6.07, 6.45) is -1.39. The van der Waals surface area contributed by atoms with Crippen molar-refractivity contribution in [2.24, 2.45) is 5.73 Å². The van der Waals surface area contributed by atoms with E-state index in [1.807, 2.05) is 0 Å². The van der Waals surface area contributed by atoms with E-state index < -0.39 is 17.5 Å². The number of aryl methyl sites for hydroxylation is 1. The van der Waals surface area contributed by atoms with Crippen LogP contribution in [0.2, 0.25) is 0 Å². The molecule has 0 unspecified atom stereocenters. The SMILES string of the molecule is CN(CCO)C(=N)c1c(N)ccc2nc(/C(=C/N)C(=N)C(F)(F)F)c3c(c12)CCCC3. The van der Waals surface area contributed by atoms with Crippen LogP contribution >= 0.6 is 0 Å². The number of aliphatic hydroxyl groups is 1. The van der Waals surface area contributed by atoms with Crippen molar-refractivity contribution in [2.45, 2.75) is 31.9 Å². The molecule has 1 aliphatic rings. The molecule has 166 valence electrons. The highest BCUT2D eigenvalue weighted by molar-refractivity contribution is 6.25. The number of hydrogen-bond acceptors (Lipinski definition) is 6. The Kier molecular flexibility index (Phi) is 6.21. The van der Waals surface area contributed by atoms with Gasteiger partial charge in [0, 0.05) is 42.0 Å². The smallest absolute Gasteiger partial charge is 0.404 e. The second kappa shape index (κ2) is 8.54. The molecule has 1 aromatic carbocycles. The third kappa shape index (κ3) is 4.07. The highest BCUT2D eigenvalue weighted by Gasteiger charge is 2.39. The molecule has 1 aliphatic carbocycles. The van der Waals surface area contributed by atoms with E-state index in [4.69, 9.17) is 22.3 Å². The Hall–Kier alpha value is -3.14. The van der Waals surface area contributed by atoms with Crippen LogP contribution < -0.4 is 11.5 Å². The fourth-order valence-electron chi connectivity index (χ4n) is 4.00. The predicted molar refractivity (Wildman–Crippen MR) is 115 cm³/mol. The molecule has 0 bridgehead atoms. The zero-order valence-corrected chi connectivity index (χ0v) is 17.1. The van der Waals surface area contributed by atoms with Crippen LogP contribution in [0.25, 0.3) is 16.5 Å². The molecule has 2 aromatic rings. The summed E-state index contributed by atoms with van der Waals surface area (Å²) in [4.78, 5) is 6.03. The van der Waals surface area contributed by atoms with Crippen LogP contribution in [0.5, 0.6) is 0 Å². The maximum Gasteiger partial charge on any atom is 0.433 e. The third-order valence-corrected chi connectivity index (χ3v) is 5.53. The molecule has 0 saturated heterocycles. The fourth-order valence-corrected chi connectivity index (χ4v) is 4.00. The summed E-state index contributed by atoms with van der Waals surface area (Å²) in [6, 6.07) is 3.17. The minimum absolute atomic E-state index is 0.0537. The fraction of sp³-hybridized carbons (Fsp3) is 0.381. The number of alkyl halides is 3. The number of fused-ring (bicyclic) bond motifs is 3. The zero-order valence-electron chi connectivity index (χ0n) is 17.1. The number of nitrogens with two attached hydrogens (primary N) is 2. The molecule has 10 heteroatoms. The average molecular weight is 434 g/mol. The van der Waals surface area contributed by atoms with Crippen molar-refractivity contribution in [3.63, 3.8) is 0 Å². The number of aliphatic hydroxyl groups excluding tert-OH is 1. The molecular weight excluding hydrogens is 409 g/mol. The molecule has 1 heterocycles. The summed E-state index contributed by atoms with van der Waals surface area (Å²) in [5.41, 5.74) is 12.4. The van der Waals surface area contributed by atoms with Crippen LogP contribution in [0, 0.1) is 10.8 Å². The number of allylic oxidation sites excluding steroid dienone is 1. The first kappa shape index (κ1) is 22.5. The van der Waals surface area contributed by atoms with Gasteiger partial charge in [-0.25, -0.2) is 4.98 Å². The summed E-state index contributed by atoms with van der Waals surface area (Å²) in [5.74, 6) is 0.0945. The van der Waals surface area contributed by atoms with E-state index >= 15 is 0 Å². The first-order valence-electron chi connectivity index (χ1n) is 9.85. The van der Waals surface area contributed by atoms with Gasteiger partial charge in [-0.3, -0.25) is 10.8 Å². The molecule has 1 aromatic heterocycles. The predicted octanol–water partition coefficient (Wildman–Crippen LogP) is 2.83. The van der Waals surface area contributed by atoms with E-state index in [1.54, 1.807) is 24.1 Å². The standard InChI is InChI=1S/C21H25F3N6O/c1-30(8-9-31)20(28)17-14(26)6-7-15-16(17)11-4-2-3-5-12(11)18(29-15)13(10-25)19(27)21(22,23)24/h6-7,10,27-28,31H,2-5,8-9,25-26H2,1H3/b13-10-,27-19?,28-20?. The molecule has 0 amide bonds. The molecular formula is C21H25F3N6O. The lowest BCUT2D eigenvalue weighted by atomic mass is 9.84. The minimum Gasteiger partial charge on any atom is -0.404 e. The number of benzene rings is 1. The number of hydrogen-bond donors (Lipinski definition) is 5. The summed E-state index contributed by atoms with van der Waals surface area (Å²) >= 11 is 0. The first-order chi connectivity index (χ1) is 14.6. The number of aromatic nitrogens is 1. The maximum absolute atomic E-state index is 13.3. The van der Waals surface area contributed by atoms with Gasteiger partial charge in [-0.15, -0.1) is 0 Å². The van der Waals surface area contributed by atoms with Gasteiger partial charge in [0.2, 0.25) is 0 Å². The maximum atomic E-state index is 13.3. The average Bonchev–Trinajstić information content (AvgIpc) is 2.73. The molecule has 3 rings (SSSR count). The lowest BCUT2D eigenvalue weighted by molar-refractivity contribution is -0.0578. The van der Waals surface area contributed by atoms with E-state index in [0.717, 1.165) is 24.6 Å². The highest BCUT2D eigenvalue weighted by atomic mass is 19.4. The number of amidine groups is 1. The molecule has 0 aliphatic heterocycles. The van der Waals surface area contributed by atoms with E-state index in [9.17, 15) is 18.3 Å². The summed E-state index contributed by atoms with van der Waals surface area (Å²) in [5, 5.41) is 26.1. The molecule has 0 saturated carbocycles. The van der Waals surface area contributed by atoms with Gasteiger partial charge in [0.05, 0.1) is 17.8 Å².